The number of carboxylic acid groups (broad SMARTS) is 1. The Morgan fingerprint density at radius 3 is 2.57 bits per heavy atom. The molecule has 2 unspecified atom stereocenters. The molecule has 3 aliphatic rings. The molecule has 6 rings (SSSR count). The number of benzene rings is 2. The molecule has 0 bridgehead atoms. The summed E-state index contributed by atoms with van der Waals surface area (Å²) in [6.07, 6.45) is 7.62. The fraction of sp³-hybridized carbons (Fsp3) is 0.484. The van der Waals surface area contributed by atoms with Gasteiger partial charge >= 0.3 is 5.97 Å². The second-order valence-electron chi connectivity index (χ2n) is 11.5. The number of hydrogen-bond acceptors (Lipinski definition) is 3. The molecule has 6 heteroatoms. The third-order valence-electron chi connectivity index (χ3n) is 8.93. The van der Waals surface area contributed by atoms with E-state index >= 15 is 0 Å². The highest BCUT2D eigenvalue weighted by Crippen LogP contribution is 2.51. The lowest BCUT2D eigenvalue weighted by Gasteiger charge is -2.29. The van der Waals surface area contributed by atoms with Gasteiger partial charge in [-0.2, -0.15) is 0 Å². The predicted octanol–water partition coefficient (Wildman–Crippen LogP) is 5.91. The second-order valence-corrected chi connectivity index (χ2v) is 11.5. The number of aromatic carboxylic acids is 1. The molecule has 37 heavy (non-hydrogen) atoms. The SMILES string of the molecule is CN(C)CCC(=O)N1CCC2Cn3c(c(C4CCCCC4)c4ccc(C(=O)O)cc43)-c3ccccc3C21. The number of amides is 1. The van der Waals surface area contributed by atoms with Gasteiger partial charge in [0.25, 0.3) is 0 Å². The number of rotatable bonds is 5. The van der Waals surface area contributed by atoms with Crippen LogP contribution in [0.2, 0.25) is 0 Å². The van der Waals surface area contributed by atoms with Crippen molar-refractivity contribution >= 4 is 22.8 Å². The van der Waals surface area contributed by atoms with Crippen LogP contribution in [0.3, 0.4) is 0 Å². The quantitative estimate of drug-likeness (QED) is 0.474. The highest BCUT2D eigenvalue weighted by atomic mass is 16.4. The van der Waals surface area contributed by atoms with Crippen LogP contribution in [0.1, 0.15) is 78.4 Å². The first-order valence-electron chi connectivity index (χ1n) is 13.9. The molecule has 0 spiro atoms. The van der Waals surface area contributed by atoms with Crippen molar-refractivity contribution in [2.45, 2.75) is 63.5 Å². The Hall–Kier alpha value is -3.12. The lowest BCUT2D eigenvalue weighted by Crippen LogP contribution is -2.34. The number of likely N-dealkylation sites (tertiary alicyclic amines) is 1. The molecule has 1 saturated heterocycles. The zero-order valence-electron chi connectivity index (χ0n) is 21.9. The average molecular weight is 500 g/mol. The molecule has 194 valence electrons. The van der Waals surface area contributed by atoms with Gasteiger partial charge < -0.3 is 19.5 Å². The van der Waals surface area contributed by atoms with Gasteiger partial charge in [0.1, 0.15) is 0 Å². The van der Waals surface area contributed by atoms with Gasteiger partial charge in [0.05, 0.1) is 17.3 Å². The minimum atomic E-state index is -0.887. The van der Waals surface area contributed by atoms with Gasteiger partial charge in [-0.3, -0.25) is 4.79 Å². The molecule has 0 radical (unpaired) electrons. The maximum Gasteiger partial charge on any atom is 0.335 e. The zero-order chi connectivity index (χ0) is 25.7. The highest BCUT2D eigenvalue weighted by molar-refractivity contribution is 5.98. The van der Waals surface area contributed by atoms with Gasteiger partial charge in [-0.25, -0.2) is 4.79 Å². The van der Waals surface area contributed by atoms with Crippen LogP contribution in [-0.2, 0) is 11.3 Å². The van der Waals surface area contributed by atoms with E-state index in [1.54, 1.807) is 6.07 Å². The maximum atomic E-state index is 13.4. The lowest BCUT2D eigenvalue weighted by atomic mass is 9.81. The Morgan fingerprint density at radius 1 is 1.03 bits per heavy atom. The summed E-state index contributed by atoms with van der Waals surface area (Å²) in [6.45, 7) is 2.33. The van der Waals surface area contributed by atoms with Crippen LogP contribution in [0.5, 0.6) is 0 Å². The Balaban J connectivity index is 1.54. The molecule has 2 aliphatic heterocycles. The summed E-state index contributed by atoms with van der Waals surface area (Å²) in [5.74, 6) is 0.121. The van der Waals surface area contributed by atoms with E-state index in [9.17, 15) is 14.7 Å². The predicted molar refractivity (Wildman–Crippen MR) is 146 cm³/mol. The Labute approximate surface area is 218 Å². The lowest BCUT2D eigenvalue weighted by molar-refractivity contribution is -0.132. The van der Waals surface area contributed by atoms with Gasteiger partial charge in [-0.15, -0.1) is 0 Å². The van der Waals surface area contributed by atoms with Crippen molar-refractivity contribution < 1.29 is 14.7 Å². The molecule has 1 N–H and O–H groups in total. The van der Waals surface area contributed by atoms with Gasteiger partial charge in [0, 0.05) is 48.4 Å². The van der Waals surface area contributed by atoms with E-state index in [1.165, 1.54) is 59.9 Å². The number of carbonyl (C=O) groups is 2. The summed E-state index contributed by atoms with van der Waals surface area (Å²) in [7, 11) is 4.02. The van der Waals surface area contributed by atoms with Crippen molar-refractivity contribution in [3.63, 3.8) is 0 Å². The number of hydrogen-bond donors (Lipinski definition) is 1. The molecule has 3 heterocycles. The first-order chi connectivity index (χ1) is 17.9. The average Bonchev–Trinajstić information content (AvgIpc) is 3.43. The number of nitrogens with zero attached hydrogens (tertiary/aromatic N) is 3. The van der Waals surface area contributed by atoms with Crippen LogP contribution in [0.4, 0.5) is 0 Å². The Morgan fingerprint density at radius 2 is 1.81 bits per heavy atom. The van der Waals surface area contributed by atoms with Crippen LogP contribution in [0.15, 0.2) is 42.5 Å². The molecule has 1 aliphatic carbocycles. The fourth-order valence-corrected chi connectivity index (χ4v) is 7.21. The van der Waals surface area contributed by atoms with Gasteiger partial charge in [0.15, 0.2) is 0 Å². The largest absolute Gasteiger partial charge is 0.478 e. The van der Waals surface area contributed by atoms with E-state index in [0.29, 0.717) is 23.8 Å². The van der Waals surface area contributed by atoms with E-state index in [0.717, 1.165) is 31.6 Å². The topological polar surface area (TPSA) is 65.8 Å². The van der Waals surface area contributed by atoms with E-state index in [1.807, 2.05) is 20.2 Å². The standard InChI is InChI=1S/C31H37N3O3/c1-32(2)16-15-27(35)33-17-14-22-19-34-26-18-21(31(36)37)12-13-25(26)28(20-8-4-3-5-9-20)30(34)24-11-7-6-10-23(24)29(22)33/h6-7,10-13,18,20,22,29H,3-5,8-9,14-17,19H2,1-2H3,(H,36,37). The van der Waals surface area contributed by atoms with E-state index < -0.39 is 5.97 Å². The van der Waals surface area contributed by atoms with Crippen LogP contribution >= 0.6 is 0 Å². The number of aromatic nitrogens is 1. The summed E-state index contributed by atoms with van der Waals surface area (Å²) < 4.78 is 2.42. The van der Waals surface area contributed by atoms with Crippen molar-refractivity contribution in [3.8, 4) is 11.3 Å². The van der Waals surface area contributed by atoms with Gasteiger partial charge in [0.2, 0.25) is 5.91 Å². The second kappa shape index (κ2) is 9.64. The fourth-order valence-electron chi connectivity index (χ4n) is 7.21. The van der Waals surface area contributed by atoms with Gasteiger partial charge in [-0.1, -0.05) is 49.6 Å². The van der Waals surface area contributed by atoms with Crippen LogP contribution in [0.25, 0.3) is 22.2 Å². The van der Waals surface area contributed by atoms with E-state index in [-0.39, 0.29) is 11.9 Å². The van der Waals surface area contributed by atoms with Crippen molar-refractivity contribution in [3.05, 3.63) is 59.2 Å². The highest BCUT2D eigenvalue weighted by Gasteiger charge is 2.42. The van der Waals surface area contributed by atoms with Crippen molar-refractivity contribution in [2.24, 2.45) is 5.92 Å². The minimum Gasteiger partial charge on any atom is -0.478 e. The minimum absolute atomic E-state index is 0.0580. The molecule has 6 nitrogen and oxygen atoms in total. The number of carboxylic acids is 1. The van der Waals surface area contributed by atoms with Crippen molar-refractivity contribution in [1.29, 1.82) is 0 Å². The zero-order valence-corrected chi connectivity index (χ0v) is 21.9. The summed E-state index contributed by atoms with van der Waals surface area (Å²) in [5, 5.41) is 11.0. The molecular formula is C31H37N3O3. The molecule has 2 aromatic carbocycles. The van der Waals surface area contributed by atoms with Gasteiger partial charge in [-0.05, 0) is 62.5 Å². The molecular weight excluding hydrogens is 462 g/mol. The normalized spacial score (nSPS) is 21.5. The molecule has 2 fully saturated rings. The van der Waals surface area contributed by atoms with Crippen LogP contribution in [0, 0.1) is 5.92 Å². The first kappa shape index (κ1) is 24.2. The number of fused-ring (bicyclic) bond motifs is 7. The molecule has 1 amide bonds. The van der Waals surface area contributed by atoms with Crippen molar-refractivity contribution in [2.75, 3.05) is 27.2 Å². The summed E-state index contributed by atoms with van der Waals surface area (Å²) >= 11 is 0. The summed E-state index contributed by atoms with van der Waals surface area (Å²) in [5.41, 5.74) is 6.49. The van der Waals surface area contributed by atoms with E-state index in [4.69, 9.17) is 0 Å². The molecule has 1 saturated carbocycles. The van der Waals surface area contributed by atoms with Crippen LogP contribution in [-0.4, -0.2) is 58.5 Å². The summed E-state index contributed by atoms with van der Waals surface area (Å²) in [4.78, 5) is 29.6. The molecule has 3 aromatic rings. The Kier molecular flexibility index (Phi) is 6.31. The molecule has 1 aromatic heterocycles. The van der Waals surface area contributed by atoms with Crippen molar-refractivity contribution in [1.82, 2.24) is 14.4 Å². The maximum absolute atomic E-state index is 13.4. The summed E-state index contributed by atoms with van der Waals surface area (Å²) in [6, 6.07) is 14.4. The first-order valence-corrected chi connectivity index (χ1v) is 13.9. The third kappa shape index (κ3) is 4.15. The van der Waals surface area contributed by atoms with Crippen LogP contribution < -0.4 is 0 Å². The molecule has 2 atom stereocenters. The van der Waals surface area contributed by atoms with E-state index in [2.05, 4.69) is 44.7 Å². The smallest absolute Gasteiger partial charge is 0.335 e. The monoisotopic (exact) mass is 499 g/mol. The number of carbonyl (C=O) groups excluding carboxylic acids is 1. The third-order valence-corrected chi connectivity index (χ3v) is 8.93. The Bertz CT molecular complexity index is 1350.